The molecule has 0 atom stereocenters. The molecule has 2 aromatic heterocycles. The molecule has 0 saturated carbocycles. The van der Waals surface area contributed by atoms with Crippen molar-refractivity contribution < 1.29 is 0 Å². The fourth-order valence-corrected chi connectivity index (χ4v) is 3.49. The number of rotatable bonds is 6. The standard InChI is InChI=1S/C16H26N4S/c1-6-12-7-13-14(18-16(17)19-15(13)21-12)20(8-10(2)3)9-11(4)5/h7,10-11H,6,8-9H2,1-5H3,(H2,17,18,19). The van der Waals surface area contributed by atoms with Crippen LogP contribution < -0.4 is 10.6 Å². The van der Waals surface area contributed by atoms with Crippen LogP contribution >= 0.6 is 11.3 Å². The fourth-order valence-electron chi connectivity index (χ4n) is 2.52. The van der Waals surface area contributed by atoms with Crippen molar-refractivity contribution >= 4 is 33.3 Å². The molecule has 0 fully saturated rings. The Kier molecular flexibility index (Phi) is 5.04. The Morgan fingerprint density at radius 1 is 1.14 bits per heavy atom. The van der Waals surface area contributed by atoms with E-state index >= 15 is 0 Å². The molecular formula is C16H26N4S. The maximum absolute atomic E-state index is 5.93. The van der Waals surface area contributed by atoms with Gasteiger partial charge in [0.25, 0.3) is 0 Å². The second kappa shape index (κ2) is 6.60. The van der Waals surface area contributed by atoms with Crippen molar-refractivity contribution in [1.29, 1.82) is 0 Å². The van der Waals surface area contributed by atoms with Gasteiger partial charge in [-0.2, -0.15) is 4.98 Å². The topological polar surface area (TPSA) is 55.0 Å². The van der Waals surface area contributed by atoms with Gasteiger partial charge in [-0.15, -0.1) is 11.3 Å². The minimum absolute atomic E-state index is 0.375. The molecule has 0 aliphatic heterocycles. The number of nitrogen functional groups attached to an aromatic ring is 1. The molecule has 0 aliphatic carbocycles. The third-order valence-corrected chi connectivity index (χ3v) is 4.43. The first-order valence-electron chi connectivity index (χ1n) is 7.71. The largest absolute Gasteiger partial charge is 0.368 e. The van der Waals surface area contributed by atoms with Gasteiger partial charge in [0, 0.05) is 18.0 Å². The van der Waals surface area contributed by atoms with Gasteiger partial charge in [0.05, 0.1) is 5.39 Å². The number of hydrogen-bond acceptors (Lipinski definition) is 5. The lowest BCUT2D eigenvalue weighted by Crippen LogP contribution is -2.32. The van der Waals surface area contributed by atoms with Crippen molar-refractivity contribution in [2.24, 2.45) is 11.8 Å². The quantitative estimate of drug-likeness (QED) is 0.878. The van der Waals surface area contributed by atoms with Gasteiger partial charge < -0.3 is 10.6 Å². The summed E-state index contributed by atoms with van der Waals surface area (Å²) in [5, 5.41) is 1.15. The molecule has 0 aromatic carbocycles. The van der Waals surface area contributed by atoms with Gasteiger partial charge in [0.15, 0.2) is 0 Å². The van der Waals surface area contributed by atoms with Gasteiger partial charge in [-0.1, -0.05) is 34.6 Å². The summed E-state index contributed by atoms with van der Waals surface area (Å²) in [7, 11) is 0. The van der Waals surface area contributed by atoms with E-state index in [1.54, 1.807) is 11.3 Å². The Morgan fingerprint density at radius 3 is 2.29 bits per heavy atom. The van der Waals surface area contributed by atoms with E-state index in [4.69, 9.17) is 5.73 Å². The van der Waals surface area contributed by atoms with E-state index in [9.17, 15) is 0 Å². The molecule has 0 radical (unpaired) electrons. The second-order valence-electron chi connectivity index (χ2n) is 6.38. The number of nitrogens with two attached hydrogens (primary N) is 1. The van der Waals surface area contributed by atoms with Gasteiger partial charge in [-0.3, -0.25) is 0 Å². The lowest BCUT2D eigenvalue weighted by Gasteiger charge is -2.28. The Bertz CT molecular complexity index is 594. The van der Waals surface area contributed by atoms with Crippen molar-refractivity contribution in [3.05, 3.63) is 10.9 Å². The van der Waals surface area contributed by atoms with E-state index in [2.05, 4.69) is 55.6 Å². The Labute approximate surface area is 131 Å². The summed E-state index contributed by atoms with van der Waals surface area (Å²) in [5.41, 5.74) is 5.93. The maximum Gasteiger partial charge on any atom is 0.223 e. The van der Waals surface area contributed by atoms with Crippen LogP contribution in [-0.2, 0) is 6.42 Å². The zero-order valence-corrected chi connectivity index (χ0v) is 14.5. The zero-order valence-electron chi connectivity index (χ0n) is 13.7. The van der Waals surface area contributed by atoms with Crippen LogP contribution in [0.4, 0.5) is 11.8 Å². The summed E-state index contributed by atoms with van der Waals surface area (Å²) in [6.07, 6.45) is 1.02. The van der Waals surface area contributed by atoms with Crippen LogP contribution in [0.5, 0.6) is 0 Å². The number of aryl methyl sites for hydroxylation is 1. The summed E-state index contributed by atoms with van der Waals surface area (Å²) >= 11 is 1.72. The Morgan fingerprint density at radius 2 is 1.76 bits per heavy atom. The number of hydrogen-bond donors (Lipinski definition) is 1. The smallest absolute Gasteiger partial charge is 0.223 e. The van der Waals surface area contributed by atoms with Crippen LogP contribution in [0.15, 0.2) is 6.07 Å². The molecule has 2 N–H and O–H groups in total. The first kappa shape index (κ1) is 16.0. The first-order valence-corrected chi connectivity index (χ1v) is 8.53. The SMILES string of the molecule is CCc1cc2c(N(CC(C)C)CC(C)C)nc(N)nc2s1. The van der Waals surface area contributed by atoms with Crippen LogP contribution in [0, 0.1) is 11.8 Å². The molecule has 2 rings (SSSR count). The highest BCUT2D eigenvalue weighted by molar-refractivity contribution is 7.18. The molecule has 0 saturated heterocycles. The predicted octanol–water partition coefficient (Wildman–Crippen LogP) is 3.95. The number of fused-ring (bicyclic) bond motifs is 1. The summed E-state index contributed by atoms with van der Waals surface area (Å²) in [6, 6.07) is 2.22. The molecule has 5 heteroatoms. The van der Waals surface area contributed by atoms with Crippen LogP contribution in [0.1, 0.15) is 39.5 Å². The highest BCUT2D eigenvalue weighted by atomic mass is 32.1. The highest BCUT2D eigenvalue weighted by Gasteiger charge is 2.18. The van der Waals surface area contributed by atoms with Gasteiger partial charge in [0.2, 0.25) is 5.95 Å². The van der Waals surface area contributed by atoms with E-state index in [0.717, 1.165) is 35.5 Å². The maximum atomic E-state index is 5.93. The number of aromatic nitrogens is 2. The normalized spacial score (nSPS) is 11.8. The molecule has 2 heterocycles. The summed E-state index contributed by atoms with van der Waals surface area (Å²) < 4.78 is 0. The molecule has 0 spiro atoms. The summed E-state index contributed by atoms with van der Waals surface area (Å²) in [5.74, 6) is 2.54. The number of nitrogens with zero attached hydrogens (tertiary/aromatic N) is 3. The minimum atomic E-state index is 0.375. The molecule has 0 bridgehead atoms. The summed E-state index contributed by atoms with van der Waals surface area (Å²) in [4.78, 5) is 13.7. The fraction of sp³-hybridized carbons (Fsp3) is 0.625. The molecular weight excluding hydrogens is 280 g/mol. The van der Waals surface area contributed by atoms with Gasteiger partial charge in [-0.25, -0.2) is 4.98 Å². The van der Waals surface area contributed by atoms with Crippen LogP contribution in [0.2, 0.25) is 0 Å². The van der Waals surface area contributed by atoms with E-state index in [1.807, 2.05) is 0 Å². The van der Waals surface area contributed by atoms with E-state index in [-0.39, 0.29) is 0 Å². The third-order valence-electron chi connectivity index (χ3n) is 3.26. The molecule has 0 amide bonds. The second-order valence-corrected chi connectivity index (χ2v) is 7.50. The van der Waals surface area contributed by atoms with E-state index in [0.29, 0.717) is 17.8 Å². The molecule has 0 unspecified atom stereocenters. The minimum Gasteiger partial charge on any atom is -0.368 e. The lowest BCUT2D eigenvalue weighted by molar-refractivity contribution is 0.550. The van der Waals surface area contributed by atoms with Crippen LogP contribution in [0.25, 0.3) is 10.2 Å². The highest BCUT2D eigenvalue weighted by Crippen LogP contribution is 2.32. The molecule has 2 aromatic rings. The molecule has 0 aliphatic rings. The Hall–Kier alpha value is -1.36. The molecule has 116 valence electrons. The molecule has 21 heavy (non-hydrogen) atoms. The van der Waals surface area contributed by atoms with Crippen molar-refractivity contribution in [1.82, 2.24) is 9.97 Å². The van der Waals surface area contributed by atoms with Crippen molar-refractivity contribution in [2.45, 2.75) is 41.0 Å². The van der Waals surface area contributed by atoms with Crippen molar-refractivity contribution in [2.75, 3.05) is 23.7 Å². The van der Waals surface area contributed by atoms with Crippen molar-refractivity contribution in [3.8, 4) is 0 Å². The first-order chi connectivity index (χ1) is 9.90. The van der Waals surface area contributed by atoms with Crippen LogP contribution in [-0.4, -0.2) is 23.1 Å². The third kappa shape index (κ3) is 3.84. The number of anilines is 2. The predicted molar refractivity (Wildman–Crippen MR) is 93.1 cm³/mol. The van der Waals surface area contributed by atoms with E-state index in [1.165, 1.54) is 4.88 Å². The molecule has 4 nitrogen and oxygen atoms in total. The zero-order chi connectivity index (χ0) is 15.6. The van der Waals surface area contributed by atoms with Gasteiger partial charge >= 0.3 is 0 Å². The van der Waals surface area contributed by atoms with Gasteiger partial charge in [-0.05, 0) is 24.3 Å². The lowest BCUT2D eigenvalue weighted by atomic mass is 10.1. The average molecular weight is 306 g/mol. The summed E-state index contributed by atoms with van der Waals surface area (Å²) in [6.45, 7) is 13.1. The average Bonchev–Trinajstić information content (AvgIpc) is 2.78. The van der Waals surface area contributed by atoms with E-state index < -0.39 is 0 Å². The van der Waals surface area contributed by atoms with Crippen LogP contribution in [0.3, 0.4) is 0 Å². The van der Waals surface area contributed by atoms with Gasteiger partial charge in [0.1, 0.15) is 10.6 Å². The number of thiophene rings is 1. The monoisotopic (exact) mass is 306 g/mol. The Balaban J connectivity index is 2.51. The van der Waals surface area contributed by atoms with Crippen molar-refractivity contribution in [3.63, 3.8) is 0 Å².